The van der Waals surface area contributed by atoms with Crippen molar-refractivity contribution in [3.05, 3.63) is 29.3 Å². The van der Waals surface area contributed by atoms with E-state index in [0.29, 0.717) is 13.1 Å². The van der Waals surface area contributed by atoms with E-state index in [1.807, 2.05) is 13.8 Å². The summed E-state index contributed by atoms with van der Waals surface area (Å²) >= 11 is 0. The minimum atomic E-state index is -1.07. The number of hydrogen-bond acceptors (Lipinski definition) is 7. The van der Waals surface area contributed by atoms with Gasteiger partial charge in [0.1, 0.15) is 11.8 Å². The molecule has 4 N–H and O–H groups in total. The first-order chi connectivity index (χ1) is 14.1. The predicted octanol–water partition coefficient (Wildman–Crippen LogP) is -0.0105. The molecule has 0 aromatic heterocycles. The fraction of sp³-hybridized carbons (Fsp3) is 0.450. The molecule has 168 valence electrons. The Labute approximate surface area is 185 Å². The number of imide groups is 2. The number of ether oxygens (including phenoxy) is 1. The molecule has 2 heterocycles. The Morgan fingerprint density at radius 3 is 2.61 bits per heavy atom. The van der Waals surface area contributed by atoms with Gasteiger partial charge in [0, 0.05) is 13.0 Å². The molecule has 2 aliphatic rings. The van der Waals surface area contributed by atoms with Gasteiger partial charge in [0.25, 0.3) is 17.7 Å². The van der Waals surface area contributed by atoms with Crippen LogP contribution in [-0.2, 0) is 14.4 Å². The summed E-state index contributed by atoms with van der Waals surface area (Å²) in [5, 5.41) is 4.85. The van der Waals surface area contributed by atoms with Crippen LogP contribution in [0, 0.1) is 5.41 Å². The monoisotopic (exact) mass is 452 g/mol. The molecule has 1 aromatic rings. The number of carbonyl (C=O) groups is 5. The zero-order valence-corrected chi connectivity index (χ0v) is 18.0. The molecule has 0 aliphatic carbocycles. The fourth-order valence-corrected chi connectivity index (χ4v) is 3.21. The number of halogens is 1. The summed E-state index contributed by atoms with van der Waals surface area (Å²) in [5.74, 6) is -2.78. The Morgan fingerprint density at radius 1 is 1.26 bits per heavy atom. The normalized spacial score (nSPS) is 18.3. The molecule has 0 saturated carbocycles. The summed E-state index contributed by atoms with van der Waals surface area (Å²) in [6.45, 7) is 4.22. The summed E-state index contributed by atoms with van der Waals surface area (Å²) in [4.78, 5) is 62.1. The highest BCUT2D eigenvalue weighted by atomic mass is 35.5. The molecule has 3 rings (SSSR count). The van der Waals surface area contributed by atoms with E-state index in [1.165, 1.54) is 18.2 Å². The third-order valence-electron chi connectivity index (χ3n) is 5.11. The zero-order chi connectivity index (χ0) is 22.1. The van der Waals surface area contributed by atoms with Gasteiger partial charge in [-0.1, -0.05) is 19.9 Å². The predicted molar refractivity (Wildman–Crippen MR) is 112 cm³/mol. The Hall–Kier alpha value is -2.98. The van der Waals surface area contributed by atoms with E-state index in [1.54, 1.807) is 0 Å². The van der Waals surface area contributed by atoms with Crippen LogP contribution in [0.1, 0.15) is 47.4 Å². The van der Waals surface area contributed by atoms with Crippen molar-refractivity contribution in [2.45, 2.75) is 32.7 Å². The van der Waals surface area contributed by atoms with E-state index < -0.39 is 35.6 Å². The van der Waals surface area contributed by atoms with Crippen LogP contribution in [-0.4, -0.2) is 60.2 Å². The van der Waals surface area contributed by atoms with Gasteiger partial charge in [-0.15, -0.1) is 12.4 Å². The van der Waals surface area contributed by atoms with Gasteiger partial charge in [0.2, 0.25) is 11.8 Å². The molecule has 0 spiro atoms. The van der Waals surface area contributed by atoms with Gasteiger partial charge >= 0.3 is 0 Å². The zero-order valence-electron chi connectivity index (χ0n) is 17.2. The average Bonchev–Trinajstić information content (AvgIpc) is 2.96. The van der Waals surface area contributed by atoms with Crippen molar-refractivity contribution in [1.29, 1.82) is 0 Å². The van der Waals surface area contributed by atoms with Gasteiger partial charge in [-0.2, -0.15) is 0 Å². The minimum absolute atomic E-state index is 0. The standard InChI is InChI=1S/C20H24N4O6.ClH/c1-20(2,9-21)10-22-15(26)8-30-13-5-3-4-11-16(13)19(29)24(18(11)28)12-6-7-14(25)23-17(12)27;/h3-5,12H,6-10,21H2,1-2H3,(H,22,26)(H,23,25,27);1H. The number of amides is 5. The van der Waals surface area contributed by atoms with Crippen LogP contribution in [0.2, 0.25) is 0 Å². The number of benzene rings is 1. The lowest BCUT2D eigenvalue weighted by atomic mass is 9.94. The van der Waals surface area contributed by atoms with E-state index >= 15 is 0 Å². The first kappa shape index (κ1) is 24.3. The Morgan fingerprint density at radius 2 is 1.97 bits per heavy atom. The Bertz CT molecular complexity index is 932. The molecule has 5 amide bonds. The highest BCUT2D eigenvalue weighted by Gasteiger charge is 2.46. The largest absolute Gasteiger partial charge is 0.483 e. The van der Waals surface area contributed by atoms with Crippen LogP contribution in [0.15, 0.2) is 18.2 Å². The minimum Gasteiger partial charge on any atom is -0.483 e. The molecule has 2 aliphatic heterocycles. The molecule has 10 nitrogen and oxygen atoms in total. The summed E-state index contributed by atoms with van der Waals surface area (Å²) in [7, 11) is 0. The number of nitrogens with two attached hydrogens (primary N) is 1. The lowest BCUT2D eigenvalue weighted by molar-refractivity contribution is -0.136. The molecule has 1 fully saturated rings. The quantitative estimate of drug-likeness (QED) is 0.492. The second-order valence-corrected chi connectivity index (χ2v) is 8.06. The molecule has 0 bridgehead atoms. The van der Waals surface area contributed by atoms with Gasteiger partial charge in [-0.25, -0.2) is 0 Å². The van der Waals surface area contributed by atoms with Gasteiger partial charge < -0.3 is 15.8 Å². The summed E-state index contributed by atoms with van der Waals surface area (Å²) in [5.41, 5.74) is 5.46. The van der Waals surface area contributed by atoms with Gasteiger partial charge in [-0.3, -0.25) is 34.2 Å². The maximum absolute atomic E-state index is 12.9. The Balaban J connectivity index is 0.00000341. The summed E-state index contributed by atoms with van der Waals surface area (Å²) in [6, 6.07) is 3.40. The van der Waals surface area contributed by atoms with Crippen LogP contribution in [0.4, 0.5) is 0 Å². The maximum Gasteiger partial charge on any atom is 0.266 e. The summed E-state index contributed by atoms with van der Waals surface area (Å²) in [6.07, 6.45) is 0.0954. The Kier molecular flexibility index (Phi) is 7.40. The lowest BCUT2D eigenvalue weighted by Gasteiger charge is -2.27. The first-order valence-electron chi connectivity index (χ1n) is 9.59. The third-order valence-corrected chi connectivity index (χ3v) is 5.11. The van der Waals surface area contributed by atoms with Crippen LogP contribution in [0.5, 0.6) is 5.75 Å². The number of carbonyl (C=O) groups excluding carboxylic acids is 5. The number of nitrogens with one attached hydrogen (secondary N) is 2. The van der Waals surface area contributed by atoms with E-state index in [0.717, 1.165) is 4.90 Å². The van der Waals surface area contributed by atoms with Crippen molar-refractivity contribution in [1.82, 2.24) is 15.5 Å². The third kappa shape index (κ3) is 5.02. The number of rotatable bonds is 7. The van der Waals surface area contributed by atoms with Crippen LogP contribution in [0.25, 0.3) is 0 Å². The number of piperidine rings is 1. The average molecular weight is 453 g/mol. The number of hydrogen-bond donors (Lipinski definition) is 3. The second kappa shape index (κ2) is 9.44. The van der Waals surface area contributed by atoms with E-state index in [-0.39, 0.29) is 54.1 Å². The second-order valence-electron chi connectivity index (χ2n) is 8.06. The molecule has 1 saturated heterocycles. The molecule has 1 aromatic carbocycles. The highest BCUT2D eigenvalue weighted by molar-refractivity contribution is 6.24. The SMILES string of the molecule is CC(C)(CN)CNC(=O)COc1cccc2c1C(=O)N(C1CCC(=O)NC1=O)C2=O.Cl. The van der Waals surface area contributed by atoms with Crippen LogP contribution in [0.3, 0.4) is 0 Å². The van der Waals surface area contributed by atoms with Crippen molar-refractivity contribution in [3.63, 3.8) is 0 Å². The molecule has 31 heavy (non-hydrogen) atoms. The molecule has 1 unspecified atom stereocenters. The topological polar surface area (TPSA) is 148 Å². The van der Waals surface area contributed by atoms with Gasteiger partial charge in [0.05, 0.1) is 11.1 Å². The van der Waals surface area contributed by atoms with Crippen molar-refractivity contribution < 1.29 is 28.7 Å². The van der Waals surface area contributed by atoms with E-state index in [2.05, 4.69) is 10.6 Å². The summed E-state index contributed by atoms with van der Waals surface area (Å²) < 4.78 is 5.51. The van der Waals surface area contributed by atoms with Crippen LogP contribution >= 0.6 is 12.4 Å². The lowest BCUT2D eigenvalue weighted by Crippen LogP contribution is -2.54. The first-order valence-corrected chi connectivity index (χ1v) is 9.59. The molecular formula is C20H25ClN4O6. The van der Waals surface area contributed by atoms with Crippen LogP contribution < -0.4 is 21.1 Å². The smallest absolute Gasteiger partial charge is 0.266 e. The van der Waals surface area contributed by atoms with Gasteiger partial charge in [0.15, 0.2) is 6.61 Å². The van der Waals surface area contributed by atoms with Gasteiger partial charge in [-0.05, 0) is 30.5 Å². The van der Waals surface area contributed by atoms with E-state index in [9.17, 15) is 24.0 Å². The molecular weight excluding hydrogens is 428 g/mol. The molecule has 1 atom stereocenters. The number of nitrogens with zero attached hydrogens (tertiary/aromatic N) is 1. The van der Waals surface area contributed by atoms with Crippen molar-refractivity contribution in [2.75, 3.05) is 19.7 Å². The molecule has 0 radical (unpaired) electrons. The highest BCUT2D eigenvalue weighted by Crippen LogP contribution is 2.33. The fourth-order valence-electron chi connectivity index (χ4n) is 3.21. The molecule has 11 heteroatoms. The van der Waals surface area contributed by atoms with Crippen molar-refractivity contribution >= 4 is 41.9 Å². The van der Waals surface area contributed by atoms with Crippen molar-refractivity contribution in [2.24, 2.45) is 11.1 Å². The number of fused-ring (bicyclic) bond motifs is 1. The van der Waals surface area contributed by atoms with E-state index in [4.69, 9.17) is 10.5 Å². The van der Waals surface area contributed by atoms with Crippen molar-refractivity contribution in [3.8, 4) is 5.75 Å². The maximum atomic E-state index is 12.9.